The van der Waals surface area contributed by atoms with Crippen LogP contribution in [0.2, 0.25) is 5.02 Å². The lowest BCUT2D eigenvalue weighted by Crippen LogP contribution is -2.20. The molecule has 0 radical (unpaired) electrons. The van der Waals surface area contributed by atoms with Gasteiger partial charge in [0, 0.05) is 17.1 Å². The molecular weight excluding hydrogens is 200 g/mol. The van der Waals surface area contributed by atoms with Gasteiger partial charge in [-0.3, -0.25) is 4.79 Å². The van der Waals surface area contributed by atoms with E-state index in [1.807, 2.05) is 13.8 Å². The van der Waals surface area contributed by atoms with Gasteiger partial charge in [0.2, 0.25) is 5.91 Å². The van der Waals surface area contributed by atoms with Gasteiger partial charge in [-0.25, -0.2) is 4.98 Å². The van der Waals surface area contributed by atoms with Gasteiger partial charge in [-0.05, 0) is 18.6 Å². The first kappa shape index (κ1) is 11.0. The number of aromatic nitrogens is 1. The molecule has 3 nitrogen and oxygen atoms in total. The first-order valence-corrected chi connectivity index (χ1v) is 4.93. The Labute approximate surface area is 88.5 Å². The second-order valence-electron chi connectivity index (χ2n) is 3.16. The van der Waals surface area contributed by atoms with Gasteiger partial charge in [-0.1, -0.05) is 25.4 Å². The van der Waals surface area contributed by atoms with E-state index >= 15 is 0 Å². The van der Waals surface area contributed by atoms with Crippen LogP contribution in [0, 0.1) is 5.92 Å². The number of hydrogen-bond donors (Lipinski definition) is 1. The summed E-state index contributed by atoms with van der Waals surface area (Å²) in [5.74, 6) is 0.473. The van der Waals surface area contributed by atoms with E-state index in [2.05, 4.69) is 10.3 Å². The molecule has 0 spiro atoms. The average Bonchev–Trinajstić information content (AvgIpc) is 2.16. The van der Waals surface area contributed by atoms with Gasteiger partial charge in [-0.15, -0.1) is 0 Å². The highest BCUT2D eigenvalue weighted by Crippen LogP contribution is 2.13. The molecule has 1 atom stereocenters. The number of hydrogen-bond acceptors (Lipinski definition) is 2. The van der Waals surface area contributed by atoms with Crippen LogP contribution in [0.1, 0.15) is 20.3 Å². The van der Waals surface area contributed by atoms with E-state index in [1.165, 1.54) is 0 Å². The molecule has 0 aliphatic rings. The maximum atomic E-state index is 11.5. The number of halogens is 1. The fourth-order valence-corrected chi connectivity index (χ4v) is 1.07. The molecule has 0 aliphatic carbocycles. The molecule has 1 unspecified atom stereocenters. The molecule has 1 N–H and O–H groups in total. The fraction of sp³-hybridized carbons (Fsp3) is 0.400. The summed E-state index contributed by atoms with van der Waals surface area (Å²) in [7, 11) is 0. The number of amides is 1. The zero-order valence-corrected chi connectivity index (χ0v) is 9.01. The molecule has 1 rings (SSSR count). The molecule has 76 valence electrons. The third kappa shape index (κ3) is 3.00. The lowest BCUT2D eigenvalue weighted by Gasteiger charge is -2.08. The van der Waals surface area contributed by atoms with Crippen molar-refractivity contribution in [3.05, 3.63) is 23.4 Å². The highest BCUT2D eigenvalue weighted by atomic mass is 35.5. The van der Waals surface area contributed by atoms with Crippen molar-refractivity contribution < 1.29 is 4.79 Å². The zero-order valence-electron chi connectivity index (χ0n) is 8.25. The van der Waals surface area contributed by atoms with Gasteiger partial charge >= 0.3 is 0 Å². The van der Waals surface area contributed by atoms with E-state index in [9.17, 15) is 4.79 Å². The van der Waals surface area contributed by atoms with Gasteiger partial charge in [0.05, 0.1) is 0 Å². The number of nitrogens with zero attached hydrogens (tertiary/aromatic N) is 1. The van der Waals surface area contributed by atoms with E-state index in [0.717, 1.165) is 6.42 Å². The van der Waals surface area contributed by atoms with Crippen molar-refractivity contribution in [1.82, 2.24) is 4.98 Å². The molecular formula is C10H13ClN2O. The Morgan fingerprint density at radius 2 is 2.43 bits per heavy atom. The Hall–Kier alpha value is -1.09. The van der Waals surface area contributed by atoms with Crippen LogP contribution in [0.3, 0.4) is 0 Å². The van der Waals surface area contributed by atoms with Crippen molar-refractivity contribution in [2.24, 2.45) is 5.92 Å². The van der Waals surface area contributed by atoms with Crippen LogP contribution in [0.25, 0.3) is 0 Å². The molecule has 1 amide bonds. The summed E-state index contributed by atoms with van der Waals surface area (Å²) in [4.78, 5) is 15.4. The van der Waals surface area contributed by atoms with Crippen LogP contribution in [0.4, 0.5) is 5.82 Å². The Balaban J connectivity index is 2.65. The van der Waals surface area contributed by atoms with Gasteiger partial charge in [0.15, 0.2) is 0 Å². The minimum atomic E-state index is -0.0257. The first-order valence-electron chi connectivity index (χ1n) is 4.56. The number of carbonyl (C=O) groups is 1. The molecule has 4 heteroatoms. The normalized spacial score (nSPS) is 12.2. The Bertz CT molecular complexity index is 328. The lowest BCUT2D eigenvalue weighted by molar-refractivity contribution is -0.119. The average molecular weight is 213 g/mol. The smallest absolute Gasteiger partial charge is 0.228 e. The minimum Gasteiger partial charge on any atom is -0.310 e. The summed E-state index contributed by atoms with van der Waals surface area (Å²) in [6, 6.07) is 3.29. The quantitative estimate of drug-likeness (QED) is 0.837. The van der Waals surface area contributed by atoms with Crippen molar-refractivity contribution in [3.8, 4) is 0 Å². The molecule has 0 bridgehead atoms. The van der Waals surface area contributed by atoms with E-state index in [0.29, 0.717) is 10.8 Å². The molecule has 1 aromatic heterocycles. The lowest BCUT2D eigenvalue weighted by atomic mass is 10.1. The molecule has 0 aromatic carbocycles. The van der Waals surface area contributed by atoms with Gasteiger partial charge < -0.3 is 5.32 Å². The van der Waals surface area contributed by atoms with Gasteiger partial charge in [0.25, 0.3) is 0 Å². The minimum absolute atomic E-state index is 0.00391. The van der Waals surface area contributed by atoms with Crippen molar-refractivity contribution in [3.63, 3.8) is 0 Å². The maximum absolute atomic E-state index is 11.5. The molecule has 14 heavy (non-hydrogen) atoms. The molecule has 1 aromatic rings. The van der Waals surface area contributed by atoms with Crippen LogP contribution >= 0.6 is 11.6 Å². The van der Waals surface area contributed by atoms with E-state index < -0.39 is 0 Å². The summed E-state index contributed by atoms with van der Waals surface area (Å²) < 4.78 is 0. The fourth-order valence-electron chi connectivity index (χ4n) is 0.908. The van der Waals surface area contributed by atoms with Gasteiger partial charge in [-0.2, -0.15) is 0 Å². The first-order chi connectivity index (χ1) is 6.63. The number of nitrogens with one attached hydrogen (secondary N) is 1. The third-order valence-electron chi connectivity index (χ3n) is 2.03. The summed E-state index contributed by atoms with van der Waals surface area (Å²) in [6.07, 6.45) is 2.38. The van der Waals surface area contributed by atoms with Crippen LogP contribution in [0.15, 0.2) is 18.3 Å². The van der Waals surface area contributed by atoms with Crippen LogP contribution < -0.4 is 5.32 Å². The predicted molar refractivity (Wildman–Crippen MR) is 57.3 cm³/mol. The molecule has 1 heterocycles. The summed E-state index contributed by atoms with van der Waals surface area (Å²) in [5.41, 5.74) is 0. The Morgan fingerprint density at radius 1 is 1.71 bits per heavy atom. The van der Waals surface area contributed by atoms with Crippen LogP contribution in [-0.2, 0) is 4.79 Å². The molecule has 0 saturated heterocycles. The van der Waals surface area contributed by atoms with Gasteiger partial charge in [0.1, 0.15) is 5.82 Å². The van der Waals surface area contributed by atoms with Crippen LogP contribution in [0.5, 0.6) is 0 Å². The summed E-state index contributed by atoms with van der Waals surface area (Å²) in [6.45, 7) is 3.84. The monoisotopic (exact) mass is 212 g/mol. The van der Waals surface area contributed by atoms with Crippen molar-refractivity contribution in [2.75, 3.05) is 5.32 Å². The van der Waals surface area contributed by atoms with E-state index in [4.69, 9.17) is 11.6 Å². The topological polar surface area (TPSA) is 42.0 Å². The Kier molecular flexibility index (Phi) is 3.89. The summed E-state index contributed by atoms with van der Waals surface area (Å²) >= 11 is 5.75. The summed E-state index contributed by atoms with van der Waals surface area (Å²) in [5, 5.41) is 3.27. The molecule has 0 aliphatic heterocycles. The second-order valence-corrected chi connectivity index (χ2v) is 3.59. The van der Waals surface area contributed by atoms with Crippen molar-refractivity contribution in [1.29, 1.82) is 0 Å². The third-order valence-corrected chi connectivity index (χ3v) is 2.27. The van der Waals surface area contributed by atoms with Crippen molar-refractivity contribution >= 4 is 23.3 Å². The molecule has 0 saturated carbocycles. The second kappa shape index (κ2) is 4.96. The Morgan fingerprint density at radius 3 is 3.00 bits per heavy atom. The number of carbonyl (C=O) groups excluding carboxylic acids is 1. The van der Waals surface area contributed by atoms with Crippen LogP contribution in [-0.4, -0.2) is 10.9 Å². The number of anilines is 1. The maximum Gasteiger partial charge on any atom is 0.228 e. The highest BCUT2D eigenvalue weighted by Gasteiger charge is 2.10. The predicted octanol–water partition coefficient (Wildman–Crippen LogP) is 2.72. The zero-order chi connectivity index (χ0) is 10.6. The largest absolute Gasteiger partial charge is 0.310 e. The number of pyridine rings is 1. The standard InChI is InChI=1S/C10H13ClN2O/c1-3-7(2)10(14)13-9-6-8(11)4-5-12-9/h4-7H,3H2,1-2H3,(H,12,13,14). The SMILES string of the molecule is CCC(C)C(=O)Nc1cc(Cl)ccn1. The van der Waals surface area contributed by atoms with E-state index in [1.54, 1.807) is 18.3 Å². The van der Waals surface area contributed by atoms with E-state index in [-0.39, 0.29) is 11.8 Å². The molecule has 0 fully saturated rings. The number of rotatable bonds is 3. The highest BCUT2D eigenvalue weighted by molar-refractivity contribution is 6.30. The van der Waals surface area contributed by atoms with Crippen molar-refractivity contribution in [2.45, 2.75) is 20.3 Å².